The number of hydrogen-bond acceptors (Lipinski definition) is 4. The van der Waals surface area contributed by atoms with Gasteiger partial charge in [0.25, 0.3) is 0 Å². The summed E-state index contributed by atoms with van der Waals surface area (Å²) in [5, 5.41) is 2.28. The molecule has 72 valence electrons. The molecule has 0 bridgehead atoms. The SMILES string of the molecule is COC(=O)C(C)(N)c1sccc1Cl. The number of rotatable bonds is 2. The van der Waals surface area contributed by atoms with E-state index in [1.165, 1.54) is 18.4 Å². The Morgan fingerprint density at radius 1 is 1.77 bits per heavy atom. The van der Waals surface area contributed by atoms with Crippen LogP contribution in [0.4, 0.5) is 0 Å². The van der Waals surface area contributed by atoms with Crippen molar-refractivity contribution in [2.24, 2.45) is 5.73 Å². The number of halogens is 1. The first kappa shape index (κ1) is 10.5. The van der Waals surface area contributed by atoms with Crippen molar-refractivity contribution in [2.45, 2.75) is 12.5 Å². The van der Waals surface area contributed by atoms with Crippen LogP contribution in [0.1, 0.15) is 11.8 Å². The summed E-state index contributed by atoms with van der Waals surface area (Å²) < 4.78 is 4.58. The summed E-state index contributed by atoms with van der Waals surface area (Å²) >= 11 is 7.19. The van der Waals surface area contributed by atoms with Crippen LogP contribution in [0.5, 0.6) is 0 Å². The van der Waals surface area contributed by atoms with Gasteiger partial charge in [0, 0.05) is 0 Å². The Morgan fingerprint density at radius 2 is 2.38 bits per heavy atom. The van der Waals surface area contributed by atoms with Gasteiger partial charge in [-0.3, -0.25) is 0 Å². The highest BCUT2D eigenvalue weighted by molar-refractivity contribution is 7.10. The van der Waals surface area contributed by atoms with E-state index in [9.17, 15) is 4.79 Å². The van der Waals surface area contributed by atoms with Crippen molar-refractivity contribution in [1.29, 1.82) is 0 Å². The minimum absolute atomic E-state index is 0.489. The van der Waals surface area contributed by atoms with Gasteiger partial charge in [0.2, 0.25) is 0 Å². The highest BCUT2D eigenvalue weighted by atomic mass is 35.5. The third kappa shape index (κ3) is 1.85. The summed E-state index contributed by atoms with van der Waals surface area (Å²) in [6.07, 6.45) is 0. The van der Waals surface area contributed by atoms with E-state index in [1.807, 2.05) is 0 Å². The second-order valence-corrected chi connectivity index (χ2v) is 4.11. The van der Waals surface area contributed by atoms with E-state index < -0.39 is 11.5 Å². The lowest BCUT2D eigenvalue weighted by Crippen LogP contribution is -2.42. The molecule has 2 N–H and O–H groups in total. The van der Waals surface area contributed by atoms with Crippen molar-refractivity contribution in [3.63, 3.8) is 0 Å². The first-order chi connectivity index (χ1) is 6.00. The van der Waals surface area contributed by atoms with E-state index in [4.69, 9.17) is 17.3 Å². The van der Waals surface area contributed by atoms with Gasteiger partial charge >= 0.3 is 5.97 Å². The van der Waals surface area contributed by atoms with Gasteiger partial charge in [-0.2, -0.15) is 0 Å². The Labute approximate surface area is 85.4 Å². The molecule has 1 rings (SSSR count). The van der Waals surface area contributed by atoms with Crippen molar-refractivity contribution in [3.05, 3.63) is 21.3 Å². The Morgan fingerprint density at radius 3 is 2.77 bits per heavy atom. The van der Waals surface area contributed by atoms with Gasteiger partial charge in [-0.05, 0) is 18.4 Å². The van der Waals surface area contributed by atoms with Crippen molar-refractivity contribution < 1.29 is 9.53 Å². The van der Waals surface area contributed by atoms with Crippen molar-refractivity contribution >= 4 is 28.9 Å². The van der Waals surface area contributed by atoms with E-state index in [2.05, 4.69) is 4.74 Å². The minimum Gasteiger partial charge on any atom is -0.467 e. The predicted octanol–water partition coefficient (Wildman–Crippen LogP) is 1.75. The zero-order valence-corrected chi connectivity index (χ0v) is 8.91. The number of carbonyl (C=O) groups excluding carboxylic acids is 1. The second kappa shape index (κ2) is 3.65. The van der Waals surface area contributed by atoms with Crippen LogP contribution in [-0.2, 0) is 15.1 Å². The molecular weight excluding hydrogens is 210 g/mol. The topological polar surface area (TPSA) is 52.3 Å². The molecule has 1 aromatic rings. The molecule has 1 heterocycles. The lowest BCUT2D eigenvalue weighted by atomic mass is 10.0. The molecule has 0 aliphatic rings. The maximum absolute atomic E-state index is 11.3. The summed E-state index contributed by atoms with van der Waals surface area (Å²) in [6, 6.07) is 1.70. The largest absolute Gasteiger partial charge is 0.467 e. The fraction of sp³-hybridized carbons (Fsp3) is 0.375. The number of methoxy groups -OCH3 is 1. The van der Waals surface area contributed by atoms with Crippen LogP contribution >= 0.6 is 22.9 Å². The molecule has 0 saturated carbocycles. The molecule has 13 heavy (non-hydrogen) atoms. The molecule has 0 fully saturated rings. The Bertz CT molecular complexity index is 322. The number of ether oxygens (including phenoxy) is 1. The average molecular weight is 220 g/mol. The van der Waals surface area contributed by atoms with Crippen molar-refractivity contribution in [2.75, 3.05) is 7.11 Å². The lowest BCUT2D eigenvalue weighted by molar-refractivity contribution is -0.146. The number of esters is 1. The Balaban J connectivity index is 3.07. The number of nitrogens with two attached hydrogens (primary N) is 1. The number of hydrogen-bond donors (Lipinski definition) is 1. The third-order valence-corrected chi connectivity index (χ3v) is 3.28. The van der Waals surface area contributed by atoms with Crippen LogP contribution in [0.25, 0.3) is 0 Å². The van der Waals surface area contributed by atoms with Crippen molar-refractivity contribution in [1.82, 2.24) is 0 Å². The van der Waals surface area contributed by atoms with Crippen LogP contribution in [0, 0.1) is 0 Å². The maximum atomic E-state index is 11.3. The highest BCUT2D eigenvalue weighted by Gasteiger charge is 2.34. The normalized spacial score (nSPS) is 15.1. The Kier molecular flexibility index (Phi) is 2.95. The van der Waals surface area contributed by atoms with Gasteiger partial charge in [0.1, 0.15) is 5.54 Å². The molecule has 0 aliphatic carbocycles. The van der Waals surface area contributed by atoms with Crippen LogP contribution in [0.15, 0.2) is 11.4 Å². The first-order valence-corrected chi connectivity index (χ1v) is 4.86. The summed E-state index contributed by atoms with van der Waals surface area (Å²) in [7, 11) is 1.30. The van der Waals surface area contributed by atoms with E-state index in [0.29, 0.717) is 9.90 Å². The van der Waals surface area contributed by atoms with Crippen LogP contribution in [-0.4, -0.2) is 13.1 Å². The highest BCUT2D eigenvalue weighted by Crippen LogP contribution is 2.31. The molecule has 0 aliphatic heterocycles. The summed E-state index contributed by atoms with van der Waals surface area (Å²) in [4.78, 5) is 11.9. The molecular formula is C8H10ClNO2S. The number of thiophene rings is 1. The zero-order chi connectivity index (χ0) is 10.1. The predicted molar refractivity (Wildman–Crippen MR) is 52.9 cm³/mol. The standard InChI is InChI=1S/C8H10ClNO2S/c1-8(10,7(11)12-2)6-5(9)3-4-13-6/h3-4H,10H2,1-2H3. The fourth-order valence-corrected chi connectivity index (χ4v) is 2.29. The van der Waals surface area contributed by atoms with Gasteiger partial charge in [-0.1, -0.05) is 11.6 Å². The van der Waals surface area contributed by atoms with E-state index >= 15 is 0 Å². The van der Waals surface area contributed by atoms with E-state index in [1.54, 1.807) is 18.4 Å². The maximum Gasteiger partial charge on any atom is 0.331 e. The monoisotopic (exact) mass is 219 g/mol. The van der Waals surface area contributed by atoms with Gasteiger partial charge in [-0.25, -0.2) is 4.79 Å². The van der Waals surface area contributed by atoms with Gasteiger partial charge in [0.05, 0.1) is 17.0 Å². The molecule has 0 saturated heterocycles. The molecule has 0 radical (unpaired) electrons. The molecule has 1 atom stereocenters. The van der Waals surface area contributed by atoms with Gasteiger partial charge in [-0.15, -0.1) is 11.3 Å². The smallest absolute Gasteiger partial charge is 0.331 e. The van der Waals surface area contributed by atoms with Crippen LogP contribution in [0.2, 0.25) is 5.02 Å². The zero-order valence-electron chi connectivity index (χ0n) is 7.33. The molecule has 0 spiro atoms. The van der Waals surface area contributed by atoms with Crippen LogP contribution in [0.3, 0.4) is 0 Å². The lowest BCUT2D eigenvalue weighted by Gasteiger charge is -2.20. The van der Waals surface area contributed by atoms with Crippen LogP contribution < -0.4 is 5.73 Å². The molecule has 1 unspecified atom stereocenters. The van der Waals surface area contributed by atoms with Gasteiger partial charge < -0.3 is 10.5 Å². The number of carbonyl (C=O) groups is 1. The quantitative estimate of drug-likeness (QED) is 0.771. The van der Waals surface area contributed by atoms with E-state index in [0.717, 1.165) is 0 Å². The second-order valence-electron chi connectivity index (χ2n) is 2.79. The summed E-state index contributed by atoms with van der Waals surface area (Å²) in [5.74, 6) is -0.489. The first-order valence-electron chi connectivity index (χ1n) is 3.61. The van der Waals surface area contributed by atoms with Crippen molar-refractivity contribution in [3.8, 4) is 0 Å². The molecule has 1 aromatic heterocycles. The summed E-state index contributed by atoms with van der Waals surface area (Å²) in [6.45, 7) is 1.58. The van der Waals surface area contributed by atoms with E-state index in [-0.39, 0.29) is 0 Å². The molecule has 0 amide bonds. The molecule has 3 nitrogen and oxygen atoms in total. The summed E-state index contributed by atoms with van der Waals surface area (Å²) in [5.41, 5.74) is 4.64. The van der Waals surface area contributed by atoms with Gasteiger partial charge in [0.15, 0.2) is 0 Å². The molecule has 5 heteroatoms. The minimum atomic E-state index is -1.15. The average Bonchev–Trinajstić information content (AvgIpc) is 2.50. The third-order valence-electron chi connectivity index (χ3n) is 1.70. The Hall–Kier alpha value is -0.580. The fourth-order valence-electron chi connectivity index (χ4n) is 0.969. The molecule has 0 aromatic carbocycles.